The number of rotatable bonds is 2. The number of nitrogen functional groups attached to an aromatic ring is 1. The third-order valence-corrected chi connectivity index (χ3v) is 3.38. The quantitative estimate of drug-likeness (QED) is 0.736. The number of phenols is 2. The summed E-state index contributed by atoms with van der Waals surface area (Å²) < 4.78 is 0.796. The topological polar surface area (TPSA) is 86.8 Å². The van der Waals surface area contributed by atoms with Gasteiger partial charge in [-0.25, -0.2) is 0 Å². The molecule has 0 fully saturated rings. The molecule has 0 aliphatic heterocycles. The fourth-order valence-corrected chi connectivity index (χ4v) is 2.23. The van der Waals surface area contributed by atoms with Gasteiger partial charge in [-0.15, -0.1) is 0 Å². The van der Waals surface area contributed by atoms with Gasteiger partial charge in [0, 0.05) is 11.5 Å². The number of nitrogens with two attached hydrogens (primary N) is 1. The van der Waals surface area contributed by atoms with E-state index in [4.69, 9.17) is 5.73 Å². The molecule has 2 aromatic rings. The van der Waals surface area contributed by atoms with Crippen LogP contribution in [0.1, 0.15) is 10.4 Å². The lowest BCUT2D eigenvalue weighted by molar-refractivity contribution is 0.0988. The van der Waals surface area contributed by atoms with E-state index in [0.717, 1.165) is 4.47 Å². The normalized spacial score (nSPS) is 10.3. The summed E-state index contributed by atoms with van der Waals surface area (Å²) in [5, 5.41) is 19.4. The van der Waals surface area contributed by atoms with Gasteiger partial charge in [0.1, 0.15) is 17.1 Å². The smallest absolute Gasteiger partial charge is 0.265 e. The highest BCUT2D eigenvalue weighted by atomic mass is 79.9. The Morgan fingerprint density at radius 1 is 1.20 bits per heavy atom. The summed E-state index contributed by atoms with van der Waals surface area (Å²) in [6.07, 6.45) is 0. The van der Waals surface area contributed by atoms with Gasteiger partial charge in [0.25, 0.3) is 5.91 Å². The van der Waals surface area contributed by atoms with Gasteiger partial charge in [-0.2, -0.15) is 0 Å². The highest BCUT2D eigenvalue weighted by Gasteiger charge is 2.22. The van der Waals surface area contributed by atoms with Crippen molar-refractivity contribution < 1.29 is 15.0 Å². The van der Waals surface area contributed by atoms with Gasteiger partial charge < -0.3 is 20.8 Å². The number of hydrogen-bond acceptors (Lipinski definition) is 4. The van der Waals surface area contributed by atoms with Crippen molar-refractivity contribution in [3.05, 3.63) is 46.4 Å². The molecule has 104 valence electrons. The monoisotopic (exact) mass is 336 g/mol. The molecule has 0 aromatic heterocycles. The first-order chi connectivity index (χ1) is 9.41. The minimum Gasteiger partial charge on any atom is -0.507 e. The molecular formula is C14H13BrN2O3. The molecular weight excluding hydrogens is 324 g/mol. The van der Waals surface area contributed by atoms with Crippen LogP contribution in [0, 0.1) is 0 Å². The van der Waals surface area contributed by atoms with Crippen LogP contribution in [-0.4, -0.2) is 23.2 Å². The molecule has 0 saturated carbocycles. The number of nitrogens with zero attached hydrogens (tertiary/aromatic N) is 1. The van der Waals surface area contributed by atoms with E-state index in [1.54, 1.807) is 18.2 Å². The van der Waals surface area contributed by atoms with E-state index >= 15 is 0 Å². The fourth-order valence-electron chi connectivity index (χ4n) is 1.86. The number of phenolic OH excluding ortho intramolecular Hbond substituents is 2. The molecule has 0 aliphatic carbocycles. The van der Waals surface area contributed by atoms with E-state index < -0.39 is 5.91 Å². The molecule has 0 bridgehead atoms. The standard InChI is InChI=1S/C14H13BrN2O3/c1-17(10-6-5-8(15)7-9(10)16)14(20)13-11(18)3-2-4-12(13)19/h2-7,18-19H,16H2,1H3. The van der Waals surface area contributed by atoms with Crippen LogP contribution in [0.15, 0.2) is 40.9 Å². The summed E-state index contributed by atoms with van der Waals surface area (Å²) >= 11 is 3.29. The molecule has 20 heavy (non-hydrogen) atoms. The third kappa shape index (κ3) is 2.55. The Morgan fingerprint density at radius 2 is 1.80 bits per heavy atom. The number of amides is 1. The molecule has 2 rings (SSSR count). The number of hydrogen-bond donors (Lipinski definition) is 3. The lowest BCUT2D eigenvalue weighted by atomic mass is 10.1. The molecule has 0 saturated heterocycles. The molecule has 1 amide bonds. The van der Waals surface area contributed by atoms with Crippen LogP contribution >= 0.6 is 15.9 Å². The largest absolute Gasteiger partial charge is 0.507 e. The maximum atomic E-state index is 12.4. The molecule has 4 N–H and O–H groups in total. The van der Waals surface area contributed by atoms with Crippen molar-refractivity contribution in [1.29, 1.82) is 0 Å². The average molecular weight is 337 g/mol. The van der Waals surface area contributed by atoms with Crippen LogP contribution in [0.2, 0.25) is 0 Å². The van der Waals surface area contributed by atoms with E-state index in [1.807, 2.05) is 0 Å². The molecule has 0 atom stereocenters. The van der Waals surface area contributed by atoms with Crippen LogP contribution in [0.5, 0.6) is 11.5 Å². The molecule has 5 nitrogen and oxygen atoms in total. The van der Waals surface area contributed by atoms with Crippen molar-refractivity contribution in [2.45, 2.75) is 0 Å². The van der Waals surface area contributed by atoms with Gasteiger partial charge in [-0.3, -0.25) is 4.79 Å². The fraction of sp³-hybridized carbons (Fsp3) is 0.0714. The van der Waals surface area contributed by atoms with E-state index in [-0.39, 0.29) is 17.1 Å². The highest BCUT2D eigenvalue weighted by Crippen LogP contribution is 2.31. The Labute approximate surface area is 124 Å². The van der Waals surface area contributed by atoms with Crippen molar-refractivity contribution in [1.82, 2.24) is 0 Å². The summed E-state index contributed by atoms with van der Waals surface area (Å²) in [7, 11) is 1.52. The molecule has 0 spiro atoms. The van der Waals surface area contributed by atoms with Gasteiger partial charge in [-0.05, 0) is 30.3 Å². The zero-order valence-corrected chi connectivity index (χ0v) is 12.3. The first-order valence-corrected chi connectivity index (χ1v) is 6.55. The molecule has 0 aliphatic rings. The zero-order chi connectivity index (χ0) is 14.9. The number of anilines is 2. The summed E-state index contributed by atoms with van der Waals surface area (Å²) in [6.45, 7) is 0. The van der Waals surface area contributed by atoms with E-state index in [1.165, 1.54) is 30.1 Å². The molecule has 6 heteroatoms. The van der Waals surface area contributed by atoms with Crippen molar-refractivity contribution in [2.24, 2.45) is 0 Å². The van der Waals surface area contributed by atoms with Crippen molar-refractivity contribution in [3.8, 4) is 11.5 Å². The Hall–Kier alpha value is -2.21. The minimum absolute atomic E-state index is 0.155. The number of halogens is 1. The van der Waals surface area contributed by atoms with Crippen LogP contribution in [0.25, 0.3) is 0 Å². The Kier molecular flexibility index (Phi) is 3.85. The van der Waals surface area contributed by atoms with E-state index in [2.05, 4.69) is 15.9 Å². The maximum Gasteiger partial charge on any atom is 0.265 e. The highest BCUT2D eigenvalue weighted by molar-refractivity contribution is 9.10. The third-order valence-electron chi connectivity index (χ3n) is 2.89. The van der Waals surface area contributed by atoms with Gasteiger partial charge in [-0.1, -0.05) is 22.0 Å². The van der Waals surface area contributed by atoms with Crippen LogP contribution in [0.3, 0.4) is 0 Å². The zero-order valence-electron chi connectivity index (χ0n) is 10.7. The number of carbonyl (C=O) groups is 1. The van der Waals surface area contributed by atoms with Crippen molar-refractivity contribution >= 4 is 33.2 Å². The second-order valence-electron chi connectivity index (χ2n) is 4.24. The lowest BCUT2D eigenvalue weighted by Gasteiger charge is -2.20. The summed E-state index contributed by atoms with van der Waals surface area (Å²) in [5.74, 6) is -1.11. The Balaban J connectivity index is 2.43. The average Bonchev–Trinajstić information content (AvgIpc) is 2.37. The number of aromatic hydroxyl groups is 2. The molecule has 0 radical (unpaired) electrons. The van der Waals surface area contributed by atoms with E-state index in [9.17, 15) is 15.0 Å². The van der Waals surface area contributed by atoms with E-state index in [0.29, 0.717) is 11.4 Å². The minimum atomic E-state index is -0.547. The first-order valence-electron chi connectivity index (χ1n) is 5.76. The Morgan fingerprint density at radius 3 is 2.35 bits per heavy atom. The summed E-state index contributed by atoms with van der Waals surface area (Å²) in [4.78, 5) is 13.6. The molecule has 2 aromatic carbocycles. The van der Waals surface area contributed by atoms with Crippen LogP contribution in [-0.2, 0) is 0 Å². The SMILES string of the molecule is CN(C(=O)c1c(O)cccc1O)c1ccc(Br)cc1N. The number of carbonyl (C=O) groups excluding carboxylic acids is 1. The van der Waals surface area contributed by atoms with Gasteiger partial charge in [0.05, 0.1) is 11.4 Å². The molecule has 0 unspecified atom stereocenters. The van der Waals surface area contributed by atoms with Gasteiger partial charge in [0.2, 0.25) is 0 Å². The number of benzene rings is 2. The second kappa shape index (κ2) is 5.42. The predicted octanol–water partition coefficient (Wildman–Crippen LogP) is 2.72. The maximum absolute atomic E-state index is 12.4. The van der Waals surface area contributed by atoms with Crippen molar-refractivity contribution in [2.75, 3.05) is 17.7 Å². The Bertz CT molecular complexity index is 653. The lowest BCUT2D eigenvalue weighted by Crippen LogP contribution is -2.27. The summed E-state index contributed by atoms with van der Waals surface area (Å²) in [6, 6.07) is 9.23. The first kappa shape index (κ1) is 14.2. The van der Waals surface area contributed by atoms with Crippen LogP contribution in [0.4, 0.5) is 11.4 Å². The predicted molar refractivity (Wildman–Crippen MR) is 81.1 cm³/mol. The van der Waals surface area contributed by atoms with Gasteiger partial charge >= 0.3 is 0 Å². The summed E-state index contributed by atoms with van der Waals surface area (Å²) in [5.41, 5.74) is 6.60. The van der Waals surface area contributed by atoms with Crippen LogP contribution < -0.4 is 10.6 Å². The van der Waals surface area contributed by atoms with Crippen molar-refractivity contribution in [3.63, 3.8) is 0 Å². The van der Waals surface area contributed by atoms with Gasteiger partial charge in [0.15, 0.2) is 0 Å². The second-order valence-corrected chi connectivity index (χ2v) is 5.15. The molecule has 0 heterocycles.